The summed E-state index contributed by atoms with van der Waals surface area (Å²) in [5, 5.41) is 0. The normalized spacial score (nSPS) is 38.3. The molecule has 18 nitrogen and oxygen atoms in total. The van der Waals surface area contributed by atoms with E-state index in [0.29, 0.717) is 0 Å². The number of imidazole rings is 2. The lowest BCUT2D eigenvalue weighted by molar-refractivity contribution is -0.0563. The molecule has 3 aliphatic heterocycles. The number of rotatable bonds is 2. The van der Waals surface area contributed by atoms with Crippen LogP contribution in [0.2, 0.25) is 0 Å². The highest BCUT2D eigenvalue weighted by Gasteiger charge is 2.54. The van der Waals surface area contributed by atoms with Crippen LogP contribution in [0.4, 0.5) is 20.4 Å². The molecule has 0 aliphatic carbocycles. The molecule has 0 spiro atoms. The van der Waals surface area contributed by atoms with Gasteiger partial charge in [-0.1, -0.05) is 24.5 Å². The van der Waals surface area contributed by atoms with E-state index < -0.39 is 76.0 Å². The van der Waals surface area contributed by atoms with Crippen LogP contribution in [-0.4, -0.2) is 89.0 Å². The number of thiol groups is 2. The third-order valence-electron chi connectivity index (χ3n) is 7.17. The van der Waals surface area contributed by atoms with E-state index in [4.69, 9.17) is 39.0 Å². The number of nitrogens with zero attached hydrogens (tertiary/aromatic N) is 8. The van der Waals surface area contributed by atoms with Crippen LogP contribution in [-0.2, 0) is 36.7 Å². The lowest BCUT2D eigenvalue weighted by Gasteiger charge is -2.26. The van der Waals surface area contributed by atoms with E-state index in [2.05, 4.69) is 54.4 Å². The average molecular weight is 695 g/mol. The van der Waals surface area contributed by atoms with Crippen molar-refractivity contribution in [2.24, 2.45) is 0 Å². The minimum Gasteiger partial charge on any atom is -0.382 e. The first kappa shape index (κ1) is 30.2. The molecular formula is C20H22F2N10O8P2S2. The van der Waals surface area contributed by atoms with Crippen LogP contribution in [0.5, 0.6) is 0 Å². The second kappa shape index (κ2) is 11.1. The molecule has 24 heteroatoms. The topological polar surface area (TPSA) is 229 Å². The number of hydrogen-bond donors (Lipinski definition) is 4. The molecule has 3 saturated heterocycles. The van der Waals surface area contributed by atoms with Crippen LogP contribution in [0.1, 0.15) is 12.5 Å². The van der Waals surface area contributed by atoms with Crippen LogP contribution in [0.25, 0.3) is 22.3 Å². The van der Waals surface area contributed by atoms with Gasteiger partial charge >= 0.3 is 13.6 Å². The van der Waals surface area contributed by atoms with Crippen LogP contribution >= 0.6 is 38.1 Å². The number of alkyl halides is 2. The van der Waals surface area contributed by atoms with Gasteiger partial charge in [-0.3, -0.25) is 27.2 Å². The lowest BCUT2D eigenvalue weighted by Crippen LogP contribution is -2.33. The van der Waals surface area contributed by atoms with Gasteiger partial charge in [0.15, 0.2) is 47.7 Å². The maximum atomic E-state index is 16.0. The lowest BCUT2D eigenvalue weighted by atomic mass is 10.1. The summed E-state index contributed by atoms with van der Waals surface area (Å²) in [6.07, 6.45) is -8.18. The molecule has 0 amide bonds. The van der Waals surface area contributed by atoms with Gasteiger partial charge in [0.1, 0.15) is 48.1 Å². The highest BCUT2D eigenvalue weighted by molar-refractivity contribution is 8.44. The number of hydrogen-bond acceptors (Lipinski definition) is 16. The molecule has 2 unspecified atom stereocenters. The Kier molecular flexibility index (Phi) is 7.59. The third-order valence-corrected chi connectivity index (χ3v) is 10.4. The molecule has 236 valence electrons. The summed E-state index contributed by atoms with van der Waals surface area (Å²) < 4.78 is 94.5. The van der Waals surface area contributed by atoms with Crippen molar-refractivity contribution in [1.29, 1.82) is 0 Å². The first-order valence-corrected chi connectivity index (χ1v) is 18.1. The maximum Gasteiger partial charge on any atom is 0.386 e. The van der Waals surface area contributed by atoms with Crippen molar-refractivity contribution in [3.8, 4) is 0 Å². The predicted molar refractivity (Wildman–Crippen MR) is 152 cm³/mol. The van der Waals surface area contributed by atoms with E-state index in [1.54, 1.807) is 0 Å². The van der Waals surface area contributed by atoms with E-state index >= 15 is 8.78 Å². The number of ether oxygens (including phenoxy) is 2. The van der Waals surface area contributed by atoms with Crippen molar-refractivity contribution < 1.29 is 45.5 Å². The van der Waals surface area contributed by atoms with Gasteiger partial charge in [-0.25, -0.2) is 47.8 Å². The second-order valence-corrected chi connectivity index (χ2v) is 15.6. The molecular weight excluding hydrogens is 672 g/mol. The van der Waals surface area contributed by atoms with Crippen molar-refractivity contribution >= 4 is 72.1 Å². The zero-order valence-electron chi connectivity index (χ0n) is 21.9. The zero-order valence-corrected chi connectivity index (χ0v) is 25.5. The van der Waals surface area contributed by atoms with Crippen molar-refractivity contribution in [3.63, 3.8) is 0 Å². The van der Waals surface area contributed by atoms with Gasteiger partial charge in [-0.05, 0) is 0 Å². The number of aromatic nitrogens is 8. The van der Waals surface area contributed by atoms with E-state index in [1.165, 1.54) is 28.1 Å². The van der Waals surface area contributed by atoms with Gasteiger partial charge in [0, 0.05) is 0 Å². The fraction of sp³-hybridized carbons (Fsp3) is 0.500. The summed E-state index contributed by atoms with van der Waals surface area (Å²) in [5.74, 6) is 0.0984. The van der Waals surface area contributed by atoms with Gasteiger partial charge in [-0.15, -0.1) is 0 Å². The summed E-state index contributed by atoms with van der Waals surface area (Å²) in [6, 6.07) is 0. The van der Waals surface area contributed by atoms with Crippen molar-refractivity contribution in [2.75, 3.05) is 24.7 Å². The standard InChI is InChI=1S/C20H22F2N10O8P2S2/c21-9-7-1-35-41(33,43)39-13-8(38-19(10(13)22)31-5-29-11-15(23)25-3-27-17(11)31)2-36-42(34,44)40-14(9)20(37-7)32-6-30-12-16(24)26-4-28-18(12)32/h3-10,13-14,19-20H,1-2H2,(H,33,43)(H,34,44)(H2,23,25,27)(H2,24,26,28)/t7?,8?,9-,10+,13+,14+,19+,20+,41+,42+/m0/s1. The smallest absolute Gasteiger partial charge is 0.382 e. The first-order valence-electron chi connectivity index (χ1n) is 12.7. The van der Waals surface area contributed by atoms with Gasteiger partial charge in [0.05, 0.1) is 25.9 Å². The Morgan fingerprint density at radius 3 is 1.82 bits per heavy atom. The molecule has 7 rings (SSSR count). The maximum absolute atomic E-state index is 16.0. The quantitative estimate of drug-likeness (QED) is 0.174. The molecule has 0 aromatic carbocycles. The fourth-order valence-corrected chi connectivity index (χ4v) is 8.09. The summed E-state index contributed by atoms with van der Waals surface area (Å²) >= 11 is 7.99. The van der Waals surface area contributed by atoms with Crippen LogP contribution < -0.4 is 11.5 Å². The average Bonchev–Trinajstić information content (AvgIpc) is 3.73. The largest absolute Gasteiger partial charge is 0.386 e. The van der Waals surface area contributed by atoms with Crippen LogP contribution in [0, 0.1) is 0 Å². The molecule has 4 aromatic heterocycles. The van der Waals surface area contributed by atoms with Crippen molar-refractivity contribution in [2.45, 2.75) is 49.2 Å². The molecule has 44 heavy (non-hydrogen) atoms. The monoisotopic (exact) mass is 694 g/mol. The summed E-state index contributed by atoms with van der Waals surface area (Å²) in [4.78, 5) is 24.2. The second-order valence-electron chi connectivity index (χ2n) is 9.85. The SMILES string of the molecule is Nc1ncnc2c1ncn2[C@@H]1OC2CO[P@@](=O)(S)O[C@H]3[C@H](n4cnc5c(N)ncnc54)OC(CO[P@@](=O)(S)O[C@H]2[C@H]1F)[C@@H]3F. The Bertz CT molecular complexity index is 1840. The Labute approximate surface area is 255 Å². The van der Waals surface area contributed by atoms with E-state index in [1.807, 2.05) is 0 Å². The molecule has 4 N–H and O–H groups in total. The van der Waals surface area contributed by atoms with Gasteiger partial charge in [0.25, 0.3) is 0 Å². The number of fused-ring (bicyclic) bond motifs is 5. The molecule has 3 aliphatic rings. The van der Waals surface area contributed by atoms with Crippen molar-refractivity contribution in [1.82, 2.24) is 39.0 Å². The molecule has 7 heterocycles. The molecule has 0 radical (unpaired) electrons. The Morgan fingerprint density at radius 1 is 0.727 bits per heavy atom. The van der Waals surface area contributed by atoms with Crippen LogP contribution in [0.3, 0.4) is 0 Å². The van der Waals surface area contributed by atoms with E-state index in [-0.39, 0.29) is 34.0 Å². The number of halogens is 2. The Morgan fingerprint density at radius 2 is 1.23 bits per heavy atom. The van der Waals surface area contributed by atoms with Gasteiger partial charge in [0.2, 0.25) is 0 Å². The highest BCUT2D eigenvalue weighted by Crippen LogP contribution is 2.60. The van der Waals surface area contributed by atoms with Gasteiger partial charge < -0.3 is 20.9 Å². The number of nitrogen functional groups attached to an aromatic ring is 2. The van der Waals surface area contributed by atoms with Gasteiger partial charge in [-0.2, -0.15) is 0 Å². The predicted octanol–water partition coefficient (Wildman–Crippen LogP) is 2.19. The summed E-state index contributed by atoms with van der Waals surface area (Å²) in [7, 11) is 0. The molecule has 10 atom stereocenters. The summed E-state index contributed by atoms with van der Waals surface area (Å²) in [5.41, 5.74) is 12.4. The Hall–Kier alpha value is -2.52. The first-order chi connectivity index (χ1) is 20.9. The van der Waals surface area contributed by atoms with E-state index in [9.17, 15) is 9.13 Å². The minimum absolute atomic E-state index is 0.0478. The number of anilines is 2. The zero-order chi connectivity index (χ0) is 31.0. The Balaban J connectivity index is 1.20. The highest BCUT2D eigenvalue weighted by atomic mass is 32.7. The summed E-state index contributed by atoms with van der Waals surface area (Å²) in [6.45, 7) is -10.2. The number of nitrogens with two attached hydrogens (primary N) is 2. The fourth-order valence-electron chi connectivity index (χ4n) is 5.16. The third kappa shape index (κ3) is 5.25. The molecule has 3 fully saturated rings. The minimum atomic E-state index is -4.43. The molecule has 0 saturated carbocycles. The molecule has 4 aromatic rings. The van der Waals surface area contributed by atoms with E-state index in [0.717, 1.165) is 6.33 Å². The van der Waals surface area contributed by atoms with Crippen LogP contribution in [0.15, 0.2) is 25.3 Å². The molecule has 2 bridgehead atoms. The van der Waals surface area contributed by atoms with Crippen molar-refractivity contribution in [3.05, 3.63) is 25.3 Å².